The summed E-state index contributed by atoms with van der Waals surface area (Å²) < 4.78 is 11.4. The quantitative estimate of drug-likeness (QED) is 0.799. The Morgan fingerprint density at radius 2 is 1.72 bits per heavy atom. The van der Waals surface area contributed by atoms with E-state index in [2.05, 4.69) is 5.32 Å². The Kier molecular flexibility index (Phi) is 6.71. The van der Waals surface area contributed by atoms with Crippen LogP contribution in [0.4, 0.5) is 0 Å². The summed E-state index contributed by atoms with van der Waals surface area (Å²) in [5.41, 5.74) is 2.09. The van der Waals surface area contributed by atoms with E-state index in [1.165, 1.54) is 5.56 Å². The normalized spacial score (nSPS) is 13.0. The van der Waals surface area contributed by atoms with Gasteiger partial charge in [0, 0.05) is 5.02 Å². The van der Waals surface area contributed by atoms with Crippen molar-refractivity contribution in [1.82, 2.24) is 5.32 Å². The van der Waals surface area contributed by atoms with Crippen molar-refractivity contribution in [1.29, 1.82) is 0 Å². The summed E-state index contributed by atoms with van der Waals surface area (Å²) in [7, 11) is 0. The highest BCUT2D eigenvalue weighted by atomic mass is 35.5. The minimum Gasteiger partial charge on any atom is -0.491 e. The molecule has 0 aliphatic rings. The number of aryl methyl sites for hydroxylation is 2. The zero-order valence-corrected chi connectivity index (χ0v) is 15.8. The molecule has 0 saturated heterocycles. The Bertz CT molecular complexity index is 715. The van der Waals surface area contributed by atoms with Crippen molar-refractivity contribution in [3.8, 4) is 11.5 Å². The molecule has 0 bridgehead atoms. The molecule has 0 fully saturated rings. The molecule has 0 aliphatic carbocycles. The van der Waals surface area contributed by atoms with Gasteiger partial charge in [-0.3, -0.25) is 4.79 Å². The number of ether oxygens (including phenoxy) is 2. The van der Waals surface area contributed by atoms with Crippen LogP contribution in [0.3, 0.4) is 0 Å². The third-order valence-corrected chi connectivity index (χ3v) is 4.15. The van der Waals surface area contributed by atoms with Gasteiger partial charge in [-0.1, -0.05) is 29.3 Å². The number of hydrogen-bond acceptors (Lipinski definition) is 3. The predicted molar refractivity (Wildman–Crippen MR) is 101 cm³/mol. The lowest BCUT2D eigenvalue weighted by Gasteiger charge is -2.19. The van der Waals surface area contributed by atoms with E-state index in [1.807, 2.05) is 51.1 Å². The van der Waals surface area contributed by atoms with E-state index in [0.29, 0.717) is 17.4 Å². The highest BCUT2D eigenvalue weighted by Gasteiger charge is 2.17. The average molecular weight is 362 g/mol. The lowest BCUT2D eigenvalue weighted by Crippen LogP contribution is -2.43. The Morgan fingerprint density at radius 3 is 2.36 bits per heavy atom. The van der Waals surface area contributed by atoms with Crippen molar-refractivity contribution < 1.29 is 14.3 Å². The first-order valence-corrected chi connectivity index (χ1v) is 8.65. The molecule has 2 aromatic carbocycles. The lowest BCUT2D eigenvalue weighted by atomic mass is 10.2. The van der Waals surface area contributed by atoms with Gasteiger partial charge in [-0.2, -0.15) is 0 Å². The maximum absolute atomic E-state index is 12.2. The first-order valence-electron chi connectivity index (χ1n) is 8.28. The molecule has 0 heterocycles. The Morgan fingerprint density at radius 1 is 1.08 bits per heavy atom. The van der Waals surface area contributed by atoms with Gasteiger partial charge in [0.1, 0.15) is 18.1 Å². The number of carbonyl (C=O) groups is 1. The molecule has 0 saturated carbocycles. The summed E-state index contributed by atoms with van der Waals surface area (Å²) in [5, 5.41) is 3.57. The highest BCUT2D eigenvalue weighted by Crippen LogP contribution is 2.21. The van der Waals surface area contributed by atoms with E-state index in [-0.39, 0.29) is 11.9 Å². The molecule has 5 heteroatoms. The van der Waals surface area contributed by atoms with E-state index in [9.17, 15) is 4.79 Å². The minimum absolute atomic E-state index is 0.133. The number of carbonyl (C=O) groups excluding carboxylic acids is 1. The number of rotatable bonds is 7. The van der Waals surface area contributed by atoms with Crippen LogP contribution in [0.2, 0.25) is 5.02 Å². The smallest absolute Gasteiger partial charge is 0.261 e. The summed E-state index contributed by atoms with van der Waals surface area (Å²) in [6.07, 6.45) is -0.609. The van der Waals surface area contributed by atoms with Crippen LogP contribution < -0.4 is 14.8 Å². The van der Waals surface area contributed by atoms with Gasteiger partial charge in [-0.05, 0) is 63.6 Å². The third-order valence-electron chi connectivity index (χ3n) is 3.72. The van der Waals surface area contributed by atoms with Gasteiger partial charge in [-0.15, -0.1) is 0 Å². The van der Waals surface area contributed by atoms with E-state index < -0.39 is 6.10 Å². The molecule has 2 atom stereocenters. The number of hydrogen-bond donors (Lipinski definition) is 1. The van der Waals surface area contributed by atoms with Crippen molar-refractivity contribution in [2.45, 2.75) is 39.8 Å². The maximum Gasteiger partial charge on any atom is 0.261 e. The second kappa shape index (κ2) is 8.77. The first-order chi connectivity index (χ1) is 11.8. The summed E-state index contributed by atoms with van der Waals surface area (Å²) in [4.78, 5) is 12.2. The second-order valence-electron chi connectivity index (χ2n) is 6.20. The van der Waals surface area contributed by atoms with Crippen molar-refractivity contribution in [3.63, 3.8) is 0 Å². The molecule has 0 unspecified atom stereocenters. The Balaban J connectivity index is 1.81. The van der Waals surface area contributed by atoms with E-state index in [0.717, 1.165) is 11.3 Å². The van der Waals surface area contributed by atoms with E-state index >= 15 is 0 Å². The van der Waals surface area contributed by atoms with Gasteiger partial charge in [-0.25, -0.2) is 0 Å². The Hall–Kier alpha value is -2.20. The average Bonchev–Trinajstić information content (AvgIpc) is 2.57. The molecular formula is C20H24ClNO3. The lowest BCUT2D eigenvalue weighted by molar-refractivity contribution is -0.128. The second-order valence-corrected chi connectivity index (χ2v) is 6.61. The zero-order valence-electron chi connectivity index (χ0n) is 15.0. The molecule has 4 nitrogen and oxygen atoms in total. The SMILES string of the molecule is Cc1ccc(OC[C@@H](C)NC(=O)[C@@H](C)Oc2ccc(Cl)c(C)c2)cc1. The zero-order chi connectivity index (χ0) is 18.4. The molecule has 0 aromatic heterocycles. The van der Waals surface area contributed by atoms with Crippen molar-refractivity contribution in [2.24, 2.45) is 0 Å². The van der Waals surface area contributed by atoms with Crippen molar-refractivity contribution in [3.05, 3.63) is 58.6 Å². The number of nitrogens with one attached hydrogen (secondary N) is 1. The highest BCUT2D eigenvalue weighted by molar-refractivity contribution is 6.31. The molecule has 25 heavy (non-hydrogen) atoms. The molecule has 1 N–H and O–H groups in total. The maximum atomic E-state index is 12.2. The van der Waals surface area contributed by atoms with Crippen LogP contribution in [0.5, 0.6) is 11.5 Å². The summed E-state index contributed by atoms with van der Waals surface area (Å²) in [6, 6.07) is 13.0. The van der Waals surface area contributed by atoms with Gasteiger partial charge in [0.15, 0.2) is 6.10 Å². The molecule has 1 amide bonds. The third kappa shape index (κ3) is 5.98. The van der Waals surface area contributed by atoms with Crippen molar-refractivity contribution >= 4 is 17.5 Å². The number of benzene rings is 2. The van der Waals surface area contributed by atoms with Gasteiger partial charge in [0.2, 0.25) is 0 Å². The fourth-order valence-electron chi connectivity index (χ4n) is 2.21. The Labute approximate surface area is 154 Å². The van der Waals surface area contributed by atoms with E-state index in [1.54, 1.807) is 19.1 Å². The first kappa shape index (κ1) is 19.1. The fraction of sp³-hybridized carbons (Fsp3) is 0.350. The van der Waals surface area contributed by atoms with Gasteiger partial charge < -0.3 is 14.8 Å². The summed E-state index contributed by atoms with van der Waals surface area (Å²) in [5.74, 6) is 1.22. The predicted octanol–water partition coefficient (Wildman–Crippen LogP) is 4.31. The molecule has 0 radical (unpaired) electrons. The number of amides is 1. The molecule has 0 aliphatic heterocycles. The van der Waals surface area contributed by atoms with Crippen molar-refractivity contribution in [2.75, 3.05) is 6.61 Å². The van der Waals surface area contributed by atoms with Gasteiger partial charge >= 0.3 is 0 Å². The van der Waals surface area contributed by atoms with E-state index in [4.69, 9.17) is 21.1 Å². The van der Waals surface area contributed by atoms with Gasteiger partial charge in [0.05, 0.1) is 6.04 Å². The standard InChI is InChI=1S/C20H24ClNO3/c1-13-5-7-17(8-6-13)24-12-15(3)22-20(23)16(4)25-18-9-10-19(21)14(2)11-18/h5-11,15-16H,12H2,1-4H3,(H,22,23)/t15-,16-/m1/s1. The topological polar surface area (TPSA) is 47.6 Å². The largest absolute Gasteiger partial charge is 0.491 e. The van der Waals surface area contributed by atoms with Crippen LogP contribution in [-0.4, -0.2) is 24.7 Å². The molecule has 2 aromatic rings. The van der Waals surface area contributed by atoms with Crippen LogP contribution in [0.1, 0.15) is 25.0 Å². The van der Waals surface area contributed by atoms with Crippen LogP contribution in [0.25, 0.3) is 0 Å². The molecule has 0 spiro atoms. The van der Waals surface area contributed by atoms with Crippen LogP contribution in [0.15, 0.2) is 42.5 Å². The molecular weight excluding hydrogens is 338 g/mol. The molecule has 2 rings (SSSR count). The van der Waals surface area contributed by atoms with Crippen LogP contribution >= 0.6 is 11.6 Å². The fourth-order valence-corrected chi connectivity index (χ4v) is 2.32. The summed E-state index contributed by atoms with van der Waals surface area (Å²) in [6.45, 7) is 7.92. The van der Waals surface area contributed by atoms with Gasteiger partial charge in [0.25, 0.3) is 5.91 Å². The van der Waals surface area contributed by atoms with Crippen LogP contribution in [0, 0.1) is 13.8 Å². The summed E-state index contributed by atoms with van der Waals surface area (Å²) >= 11 is 5.99. The minimum atomic E-state index is -0.609. The molecule has 134 valence electrons. The monoisotopic (exact) mass is 361 g/mol. The number of halogens is 1. The van der Waals surface area contributed by atoms with Crippen LogP contribution in [-0.2, 0) is 4.79 Å².